The number of hydrogen-bond donors (Lipinski definition) is 1. The van der Waals surface area contributed by atoms with Crippen LogP contribution >= 0.6 is 11.6 Å². The van der Waals surface area contributed by atoms with Crippen LogP contribution in [0.3, 0.4) is 0 Å². The molecule has 0 saturated carbocycles. The molecule has 7 nitrogen and oxygen atoms in total. The third kappa shape index (κ3) is 3.46. The summed E-state index contributed by atoms with van der Waals surface area (Å²) in [6.07, 6.45) is 3.88. The van der Waals surface area contributed by atoms with Crippen LogP contribution in [-0.4, -0.2) is 24.5 Å². The average molecular weight is 405 g/mol. The molecule has 0 saturated heterocycles. The van der Waals surface area contributed by atoms with Crippen molar-refractivity contribution >= 4 is 11.6 Å². The summed E-state index contributed by atoms with van der Waals surface area (Å²) < 4.78 is 3.39. The van der Waals surface area contributed by atoms with Crippen molar-refractivity contribution in [3.05, 3.63) is 92.2 Å². The molecule has 1 N–H and O–H groups in total. The van der Waals surface area contributed by atoms with E-state index in [1.807, 2.05) is 26.0 Å². The van der Waals surface area contributed by atoms with Crippen LogP contribution < -0.4 is 5.56 Å². The SMILES string of the molecule is Cc1nn(-c2ccc(C#N)c(Cl)c2)c(C)c1Cc1ccc(-n2cccn2)[nH]c1=O. The van der Waals surface area contributed by atoms with E-state index >= 15 is 0 Å². The largest absolute Gasteiger partial charge is 0.307 e. The highest BCUT2D eigenvalue weighted by Crippen LogP contribution is 2.24. The van der Waals surface area contributed by atoms with Gasteiger partial charge in [0, 0.05) is 35.6 Å². The topological polar surface area (TPSA) is 92.3 Å². The molecule has 0 unspecified atom stereocenters. The number of pyridine rings is 1. The normalized spacial score (nSPS) is 10.8. The molecule has 0 spiro atoms. The highest BCUT2D eigenvalue weighted by molar-refractivity contribution is 6.31. The van der Waals surface area contributed by atoms with Crippen molar-refractivity contribution in [2.75, 3.05) is 0 Å². The van der Waals surface area contributed by atoms with Gasteiger partial charge in [0.15, 0.2) is 0 Å². The molecule has 0 bridgehead atoms. The fraction of sp³-hybridized carbons (Fsp3) is 0.143. The molecule has 0 aliphatic carbocycles. The van der Waals surface area contributed by atoms with Crippen LogP contribution in [0.2, 0.25) is 5.02 Å². The summed E-state index contributed by atoms with van der Waals surface area (Å²) in [5, 5.41) is 18.2. The molecule has 1 aromatic carbocycles. The molecule has 4 rings (SSSR count). The molecule has 0 aliphatic rings. The van der Waals surface area contributed by atoms with Crippen LogP contribution in [0.15, 0.2) is 53.6 Å². The van der Waals surface area contributed by atoms with Crippen molar-refractivity contribution in [1.82, 2.24) is 24.5 Å². The van der Waals surface area contributed by atoms with E-state index in [9.17, 15) is 4.79 Å². The number of nitriles is 1. The molecule has 0 aliphatic heterocycles. The lowest BCUT2D eigenvalue weighted by molar-refractivity contribution is 0.831. The number of aryl methyl sites for hydroxylation is 1. The Hall–Kier alpha value is -3.63. The standard InChI is InChI=1S/C21H17ClN6O/c1-13-18(10-15-5-7-20(25-21(15)29)27-9-3-8-24-27)14(2)28(26-13)17-6-4-16(12-23)19(22)11-17/h3-9,11H,10H2,1-2H3,(H,25,29). The zero-order valence-electron chi connectivity index (χ0n) is 15.8. The number of nitrogens with one attached hydrogen (secondary N) is 1. The first kappa shape index (κ1) is 18.7. The van der Waals surface area contributed by atoms with Crippen molar-refractivity contribution in [3.63, 3.8) is 0 Å². The van der Waals surface area contributed by atoms with Gasteiger partial charge in [0.05, 0.1) is 22.0 Å². The number of hydrogen-bond acceptors (Lipinski definition) is 4. The van der Waals surface area contributed by atoms with E-state index in [1.165, 1.54) is 0 Å². The second-order valence-electron chi connectivity index (χ2n) is 6.66. The molecule has 3 aromatic heterocycles. The van der Waals surface area contributed by atoms with Crippen LogP contribution in [-0.2, 0) is 6.42 Å². The van der Waals surface area contributed by atoms with Crippen molar-refractivity contribution in [3.8, 4) is 17.6 Å². The fourth-order valence-electron chi connectivity index (χ4n) is 3.28. The van der Waals surface area contributed by atoms with E-state index in [4.69, 9.17) is 16.9 Å². The molecule has 0 amide bonds. The molecule has 4 aromatic rings. The van der Waals surface area contributed by atoms with E-state index in [2.05, 4.69) is 21.3 Å². The molecular weight excluding hydrogens is 388 g/mol. The van der Waals surface area contributed by atoms with Gasteiger partial charge in [-0.2, -0.15) is 15.5 Å². The predicted octanol–water partition coefficient (Wildman–Crippen LogP) is 3.48. The lowest BCUT2D eigenvalue weighted by Crippen LogP contribution is -2.16. The third-order valence-corrected chi connectivity index (χ3v) is 5.17. The van der Waals surface area contributed by atoms with Gasteiger partial charge in [0.2, 0.25) is 0 Å². The maximum absolute atomic E-state index is 12.6. The molecule has 0 radical (unpaired) electrons. The third-order valence-electron chi connectivity index (χ3n) is 4.85. The van der Waals surface area contributed by atoms with Gasteiger partial charge >= 0.3 is 0 Å². The maximum atomic E-state index is 12.6. The van der Waals surface area contributed by atoms with Gasteiger partial charge in [-0.25, -0.2) is 9.36 Å². The van der Waals surface area contributed by atoms with Gasteiger partial charge in [0.1, 0.15) is 11.9 Å². The summed E-state index contributed by atoms with van der Waals surface area (Å²) in [6.45, 7) is 3.87. The number of H-pyrrole nitrogens is 1. The summed E-state index contributed by atoms with van der Waals surface area (Å²) >= 11 is 6.17. The van der Waals surface area contributed by atoms with Crippen molar-refractivity contribution < 1.29 is 0 Å². The van der Waals surface area contributed by atoms with Crippen LogP contribution in [0.25, 0.3) is 11.5 Å². The van der Waals surface area contributed by atoms with E-state index in [0.29, 0.717) is 28.4 Å². The van der Waals surface area contributed by atoms with Gasteiger partial charge in [-0.15, -0.1) is 0 Å². The number of aromatic nitrogens is 5. The van der Waals surface area contributed by atoms with Crippen molar-refractivity contribution in [2.45, 2.75) is 20.3 Å². The van der Waals surface area contributed by atoms with Gasteiger partial charge in [-0.05, 0) is 50.2 Å². The van der Waals surface area contributed by atoms with Gasteiger partial charge < -0.3 is 4.98 Å². The second-order valence-corrected chi connectivity index (χ2v) is 7.07. The smallest absolute Gasteiger partial charge is 0.253 e. The summed E-state index contributed by atoms with van der Waals surface area (Å²) in [5.74, 6) is 0.611. The Labute approximate surface area is 171 Å². The molecule has 0 atom stereocenters. The minimum absolute atomic E-state index is 0.161. The highest BCUT2D eigenvalue weighted by Gasteiger charge is 2.16. The van der Waals surface area contributed by atoms with Crippen LogP contribution in [0, 0.1) is 25.2 Å². The monoisotopic (exact) mass is 404 g/mol. The fourth-order valence-corrected chi connectivity index (χ4v) is 3.49. The Bertz CT molecular complexity index is 1290. The number of aromatic amines is 1. The Kier molecular flexibility index (Phi) is 4.79. The first-order chi connectivity index (χ1) is 14.0. The van der Waals surface area contributed by atoms with E-state index in [-0.39, 0.29) is 5.56 Å². The lowest BCUT2D eigenvalue weighted by Gasteiger charge is -2.07. The molecule has 29 heavy (non-hydrogen) atoms. The first-order valence-electron chi connectivity index (χ1n) is 8.95. The quantitative estimate of drug-likeness (QED) is 0.563. The number of nitrogens with zero attached hydrogens (tertiary/aromatic N) is 5. The highest BCUT2D eigenvalue weighted by atomic mass is 35.5. The summed E-state index contributed by atoms with van der Waals surface area (Å²) in [6, 6.07) is 12.7. The molecule has 0 fully saturated rings. The maximum Gasteiger partial charge on any atom is 0.253 e. The van der Waals surface area contributed by atoms with Crippen molar-refractivity contribution in [2.24, 2.45) is 0 Å². The lowest BCUT2D eigenvalue weighted by atomic mass is 10.0. The molecular formula is C21H17ClN6O. The van der Waals surface area contributed by atoms with E-state index in [1.54, 1.807) is 46.0 Å². The Morgan fingerprint density at radius 2 is 2.07 bits per heavy atom. The Balaban J connectivity index is 1.68. The zero-order valence-corrected chi connectivity index (χ0v) is 16.6. The molecule has 144 valence electrons. The average Bonchev–Trinajstić information content (AvgIpc) is 3.33. The van der Waals surface area contributed by atoms with E-state index < -0.39 is 0 Å². The Morgan fingerprint density at radius 1 is 1.24 bits per heavy atom. The predicted molar refractivity (Wildman–Crippen MR) is 110 cm³/mol. The first-order valence-corrected chi connectivity index (χ1v) is 9.33. The number of rotatable bonds is 4. The van der Waals surface area contributed by atoms with Crippen LogP contribution in [0.5, 0.6) is 0 Å². The van der Waals surface area contributed by atoms with Crippen LogP contribution in [0.4, 0.5) is 0 Å². The van der Waals surface area contributed by atoms with Gasteiger partial charge in [-0.3, -0.25) is 4.79 Å². The number of benzene rings is 1. The Morgan fingerprint density at radius 3 is 2.72 bits per heavy atom. The zero-order chi connectivity index (χ0) is 20.5. The van der Waals surface area contributed by atoms with Gasteiger partial charge in [0.25, 0.3) is 5.56 Å². The van der Waals surface area contributed by atoms with Crippen molar-refractivity contribution in [1.29, 1.82) is 5.26 Å². The summed E-state index contributed by atoms with van der Waals surface area (Å²) in [5.41, 5.74) is 4.39. The molecule has 3 heterocycles. The minimum Gasteiger partial charge on any atom is -0.307 e. The van der Waals surface area contributed by atoms with E-state index in [0.717, 1.165) is 22.6 Å². The number of halogens is 1. The van der Waals surface area contributed by atoms with Gasteiger partial charge in [-0.1, -0.05) is 11.6 Å². The summed E-state index contributed by atoms with van der Waals surface area (Å²) in [7, 11) is 0. The summed E-state index contributed by atoms with van der Waals surface area (Å²) in [4.78, 5) is 15.4. The second kappa shape index (κ2) is 7.41. The minimum atomic E-state index is -0.161. The molecule has 8 heteroatoms. The van der Waals surface area contributed by atoms with Crippen LogP contribution in [0.1, 0.15) is 28.1 Å².